The largest absolute Gasteiger partial charge is 0.417 e. The topological polar surface area (TPSA) is 91.3 Å². The number of anilines is 2. The van der Waals surface area contributed by atoms with E-state index in [2.05, 4.69) is 4.90 Å². The molecule has 48 heavy (non-hydrogen) atoms. The molecule has 1 amide bonds. The van der Waals surface area contributed by atoms with E-state index < -0.39 is 29.4 Å². The summed E-state index contributed by atoms with van der Waals surface area (Å²) in [4.78, 5) is 19.9. The van der Waals surface area contributed by atoms with Gasteiger partial charge in [-0.3, -0.25) is 9.69 Å². The third kappa shape index (κ3) is 14.8. The van der Waals surface area contributed by atoms with Crippen LogP contribution in [0.15, 0.2) is 36.4 Å². The highest BCUT2D eigenvalue weighted by molar-refractivity contribution is 7.97. The van der Waals surface area contributed by atoms with E-state index >= 15 is 0 Å². The normalized spacial score (nSPS) is 17.5. The molecule has 3 aliphatic heterocycles. The Balaban J connectivity index is 0.000000384. The van der Waals surface area contributed by atoms with Crippen LogP contribution in [0.1, 0.15) is 39.9 Å². The monoisotopic (exact) mass is 705 g/mol. The molecule has 2 aromatic rings. The zero-order valence-corrected chi connectivity index (χ0v) is 29.0. The van der Waals surface area contributed by atoms with E-state index in [1.54, 1.807) is 11.8 Å². The molecule has 8 nitrogen and oxygen atoms in total. The van der Waals surface area contributed by atoms with Gasteiger partial charge in [-0.1, -0.05) is 6.07 Å². The average Bonchev–Trinajstić information content (AvgIpc) is 3.60. The van der Waals surface area contributed by atoms with E-state index in [4.69, 9.17) is 16.2 Å². The molecule has 0 saturated carbocycles. The molecule has 0 bridgehead atoms. The van der Waals surface area contributed by atoms with Crippen LogP contribution in [-0.4, -0.2) is 126 Å². The number of carbonyl (C=O) groups excluding carboxylic acids is 1. The van der Waals surface area contributed by atoms with Crippen molar-refractivity contribution in [2.75, 3.05) is 104 Å². The Labute approximate surface area is 286 Å². The van der Waals surface area contributed by atoms with Gasteiger partial charge in [0, 0.05) is 91.9 Å². The predicted molar refractivity (Wildman–Crippen MR) is 183 cm³/mol. The van der Waals surface area contributed by atoms with Crippen LogP contribution < -0.4 is 11.5 Å². The predicted octanol–water partition coefficient (Wildman–Crippen LogP) is 5.11. The van der Waals surface area contributed by atoms with Gasteiger partial charge in [-0.15, -0.1) is 0 Å². The molecule has 3 radical (unpaired) electrons. The van der Waals surface area contributed by atoms with Gasteiger partial charge in [0.25, 0.3) is 5.91 Å². The summed E-state index contributed by atoms with van der Waals surface area (Å²) in [6.07, 6.45) is -2.30. The van der Waals surface area contributed by atoms with Crippen LogP contribution in [0.4, 0.5) is 37.7 Å². The Morgan fingerprint density at radius 2 is 1.19 bits per heavy atom. The van der Waals surface area contributed by atoms with Crippen molar-refractivity contribution in [1.82, 2.24) is 19.6 Å². The fourth-order valence-electron chi connectivity index (χ4n) is 4.92. The Morgan fingerprint density at radius 1 is 0.750 bits per heavy atom. The second-order valence-electron chi connectivity index (χ2n) is 11.6. The minimum absolute atomic E-state index is 0. The van der Waals surface area contributed by atoms with Gasteiger partial charge in [0.15, 0.2) is 0 Å². The number of nitrogens with zero attached hydrogens (tertiary/aromatic N) is 4. The first-order valence-electron chi connectivity index (χ1n) is 15.4. The van der Waals surface area contributed by atoms with Crippen LogP contribution in [-0.2, 0) is 23.6 Å². The van der Waals surface area contributed by atoms with Crippen LogP contribution in [0.3, 0.4) is 0 Å². The third-order valence-corrected chi connectivity index (χ3v) is 7.63. The molecule has 4 N–H and O–H groups in total. The lowest BCUT2D eigenvalue weighted by Gasteiger charge is -2.33. The highest BCUT2D eigenvalue weighted by Gasteiger charge is 2.37. The first-order chi connectivity index (χ1) is 22.1. The second kappa shape index (κ2) is 20.8. The zero-order chi connectivity index (χ0) is 35.2. The van der Waals surface area contributed by atoms with E-state index in [1.165, 1.54) is 35.9 Å². The number of benzene rings is 2. The molecule has 0 unspecified atom stereocenters. The molecule has 3 fully saturated rings. The summed E-state index contributed by atoms with van der Waals surface area (Å²) >= 11 is 1.75. The molecule has 0 spiro atoms. The molecule has 5 rings (SSSR count). The minimum Gasteiger partial charge on any atom is -0.399 e. The molecule has 0 atom stereocenters. The van der Waals surface area contributed by atoms with Gasteiger partial charge in [0.2, 0.25) is 0 Å². The van der Waals surface area contributed by atoms with Crippen molar-refractivity contribution in [3.63, 3.8) is 0 Å². The number of likely N-dealkylation sites (N-methyl/N-ethyl adjacent to an activating group) is 2. The number of halogens is 6. The number of piperazine rings is 2. The summed E-state index contributed by atoms with van der Waals surface area (Å²) in [6.45, 7) is 7.84. The first-order valence-corrected chi connectivity index (χ1v) is 17.0. The summed E-state index contributed by atoms with van der Waals surface area (Å²) < 4.78 is 82.8. The van der Waals surface area contributed by atoms with Crippen molar-refractivity contribution in [3.8, 4) is 0 Å². The fraction of sp³-hybridized carbons (Fsp3) is 0.594. The summed E-state index contributed by atoms with van der Waals surface area (Å²) in [5.41, 5.74) is 9.36. The van der Waals surface area contributed by atoms with Crippen LogP contribution in [0.5, 0.6) is 0 Å². The van der Waals surface area contributed by atoms with Crippen molar-refractivity contribution >= 4 is 37.5 Å². The molecule has 0 aliphatic carbocycles. The number of ether oxygens (including phenoxy) is 1. The molecule has 0 aromatic heterocycles. The number of nitrogen functional groups attached to an aromatic ring is 2. The second-order valence-corrected chi connectivity index (χ2v) is 12.4. The lowest BCUT2D eigenvalue weighted by atomic mass is 10.0. The van der Waals surface area contributed by atoms with Crippen LogP contribution >= 0.6 is 11.8 Å². The maximum atomic E-state index is 13.0. The standard InChI is InChI=1S/C13H16F3N3O.C13H18F3N3.C4H8O.C2H6S.B/c1-18-4-6-19(7-5-18)12(20)10-3-2-9(17)8-11(10)13(14,15)16;1-18-4-6-19(7-5-18)9-10-2-3-11(17)8-12(10)13(14,15)16;1-2-4-5-3-1;1-3-2;/h2-3,8H,4-7,17H2,1H3;2-3,8H,4-7,9,17H2,1H3;1-4H2;1-2H3;. The van der Waals surface area contributed by atoms with E-state index in [-0.39, 0.29) is 25.4 Å². The molecule has 16 heteroatoms. The number of nitrogens with two attached hydrogens (primary N) is 2. The van der Waals surface area contributed by atoms with Crippen molar-refractivity contribution < 1.29 is 35.9 Å². The van der Waals surface area contributed by atoms with Gasteiger partial charge in [0.05, 0.1) is 16.7 Å². The number of thioether (sulfide) groups is 1. The Bertz CT molecular complexity index is 1230. The number of hydrogen-bond acceptors (Lipinski definition) is 8. The van der Waals surface area contributed by atoms with E-state index in [1.807, 2.05) is 36.4 Å². The molecule has 269 valence electrons. The number of amides is 1. The number of carbonyl (C=O) groups is 1. The third-order valence-electron chi connectivity index (χ3n) is 7.63. The minimum atomic E-state index is -4.59. The van der Waals surface area contributed by atoms with Crippen LogP contribution in [0.2, 0.25) is 0 Å². The fourth-order valence-corrected chi connectivity index (χ4v) is 4.92. The zero-order valence-electron chi connectivity index (χ0n) is 28.2. The molecule has 3 saturated heterocycles. The lowest BCUT2D eigenvalue weighted by molar-refractivity contribution is -0.139. The smallest absolute Gasteiger partial charge is 0.399 e. The van der Waals surface area contributed by atoms with Gasteiger partial charge in [-0.25, -0.2) is 0 Å². The van der Waals surface area contributed by atoms with Gasteiger partial charge in [0.1, 0.15) is 0 Å². The molecule has 3 heterocycles. The number of alkyl halides is 6. The lowest BCUT2D eigenvalue weighted by Crippen LogP contribution is -2.47. The first kappa shape index (κ1) is 43.4. The summed E-state index contributed by atoms with van der Waals surface area (Å²) in [5, 5.41) is 0. The van der Waals surface area contributed by atoms with Gasteiger partial charge >= 0.3 is 12.4 Å². The summed E-state index contributed by atoms with van der Waals surface area (Å²) in [5.74, 6) is -0.592. The summed E-state index contributed by atoms with van der Waals surface area (Å²) in [6, 6.07) is 7.31. The van der Waals surface area contributed by atoms with E-state index in [0.29, 0.717) is 38.3 Å². The number of hydrogen-bond donors (Lipinski definition) is 2. The van der Waals surface area contributed by atoms with Gasteiger partial charge in [-0.05, 0) is 75.3 Å². The van der Waals surface area contributed by atoms with Crippen molar-refractivity contribution in [2.45, 2.75) is 31.7 Å². The Kier molecular flexibility index (Phi) is 18.8. The molecular weight excluding hydrogens is 657 g/mol. The summed E-state index contributed by atoms with van der Waals surface area (Å²) in [7, 11) is 3.92. The van der Waals surface area contributed by atoms with Crippen molar-refractivity contribution in [1.29, 1.82) is 0 Å². The Morgan fingerprint density at radius 3 is 1.62 bits per heavy atom. The average molecular weight is 706 g/mol. The molecule has 2 aromatic carbocycles. The van der Waals surface area contributed by atoms with Crippen LogP contribution in [0.25, 0.3) is 0 Å². The Hall–Kier alpha value is -2.66. The van der Waals surface area contributed by atoms with Crippen LogP contribution in [0, 0.1) is 0 Å². The highest BCUT2D eigenvalue weighted by Crippen LogP contribution is 2.35. The number of rotatable bonds is 3. The highest BCUT2D eigenvalue weighted by atomic mass is 32.2. The molecular formula is C32H48BF6N6O2S. The van der Waals surface area contributed by atoms with E-state index in [0.717, 1.165) is 57.6 Å². The van der Waals surface area contributed by atoms with Gasteiger partial charge < -0.3 is 30.9 Å². The maximum absolute atomic E-state index is 13.0. The molecule has 3 aliphatic rings. The van der Waals surface area contributed by atoms with E-state index in [9.17, 15) is 31.1 Å². The van der Waals surface area contributed by atoms with Crippen molar-refractivity contribution in [2.24, 2.45) is 0 Å². The SMILES string of the molecule is C1CCOC1.CN1CCN(C(=O)c2ccc(N)cc2C(F)(F)F)CC1.CN1CCN(Cc2ccc(N)cc2C(F)(F)F)CC1.CSC.[B]. The quantitative estimate of drug-likeness (QED) is 0.259. The maximum Gasteiger partial charge on any atom is 0.417 e. The van der Waals surface area contributed by atoms with Crippen molar-refractivity contribution in [3.05, 3.63) is 58.7 Å². The van der Waals surface area contributed by atoms with Gasteiger partial charge in [-0.2, -0.15) is 38.1 Å².